The van der Waals surface area contributed by atoms with E-state index in [0.29, 0.717) is 48.2 Å². The predicted octanol–water partition coefficient (Wildman–Crippen LogP) is 6.59. The second-order valence-corrected chi connectivity index (χ2v) is 11.3. The lowest BCUT2D eigenvalue weighted by atomic mass is 9.81. The van der Waals surface area contributed by atoms with Crippen LogP contribution in [0.15, 0.2) is 48.5 Å². The molecular weight excluding hydrogens is 528 g/mol. The molecule has 1 aliphatic carbocycles. The standard InChI is InChI=1S/C34H48N4O4/c1-5-21-37(22-6-2)33(41)27-13-17-29(18-14-27)35-31(39)25-9-11-26(12-10-25)32(40)36-30-19-15-28(16-20-30)34(42)38(23-7-3)24-8-4/h13-20,25-26H,5-12,21-24H2,1-4H3,(H,35,39)(H,36,40). The number of anilines is 2. The van der Waals surface area contributed by atoms with Crippen LogP contribution in [0.1, 0.15) is 99.8 Å². The van der Waals surface area contributed by atoms with Crippen LogP contribution in [-0.2, 0) is 9.59 Å². The van der Waals surface area contributed by atoms with E-state index in [1.165, 1.54) is 0 Å². The highest BCUT2D eigenvalue weighted by Crippen LogP contribution is 2.31. The molecular formula is C34H48N4O4. The SMILES string of the molecule is CCCN(CCC)C(=O)c1ccc(NC(=O)C2CCC(C(=O)Nc3ccc(C(=O)N(CCC)CCC)cc3)CC2)cc1. The molecule has 2 aromatic carbocycles. The van der Waals surface area contributed by atoms with E-state index >= 15 is 0 Å². The number of nitrogens with one attached hydrogen (secondary N) is 2. The summed E-state index contributed by atoms with van der Waals surface area (Å²) < 4.78 is 0. The molecule has 0 heterocycles. The molecule has 1 aliphatic rings. The maximum Gasteiger partial charge on any atom is 0.253 e. The summed E-state index contributed by atoms with van der Waals surface area (Å²) in [7, 11) is 0. The third-order valence-electron chi connectivity index (χ3n) is 7.82. The zero-order chi connectivity index (χ0) is 30.5. The summed E-state index contributed by atoms with van der Waals surface area (Å²) in [5, 5.41) is 5.97. The average molecular weight is 577 g/mol. The van der Waals surface area contributed by atoms with Gasteiger partial charge in [0.25, 0.3) is 11.8 Å². The molecule has 2 aromatic rings. The van der Waals surface area contributed by atoms with Crippen LogP contribution in [0.25, 0.3) is 0 Å². The first kappa shape index (κ1) is 32.8. The molecule has 4 amide bonds. The summed E-state index contributed by atoms with van der Waals surface area (Å²) >= 11 is 0. The number of carbonyl (C=O) groups excluding carboxylic acids is 4. The predicted molar refractivity (Wildman–Crippen MR) is 169 cm³/mol. The van der Waals surface area contributed by atoms with Crippen molar-refractivity contribution in [1.29, 1.82) is 0 Å². The van der Waals surface area contributed by atoms with Gasteiger partial charge < -0.3 is 20.4 Å². The zero-order valence-electron chi connectivity index (χ0n) is 25.8. The van der Waals surface area contributed by atoms with Crippen molar-refractivity contribution in [1.82, 2.24) is 9.80 Å². The van der Waals surface area contributed by atoms with E-state index in [9.17, 15) is 19.2 Å². The molecule has 0 radical (unpaired) electrons. The Hall–Kier alpha value is -3.68. The van der Waals surface area contributed by atoms with Crippen molar-refractivity contribution >= 4 is 35.0 Å². The largest absolute Gasteiger partial charge is 0.339 e. The zero-order valence-corrected chi connectivity index (χ0v) is 25.8. The highest BCUT2D eigenvalue weighted by atomic mass is 16.2. The van der Waals surface area contributed by atoms with Gasteiger partial charge in [-0.2, -0.15) is 0 Å². The summed E-state index contributed by atoms with van der Waals surface area (Å²) in [5.41, 5.74) is 2.59. The highest BCUT2D eigenvalue weighted by molar-refractivity contribution is 5.97. The Balaban J connectivity index is 1.47. The van der Waals surface area contributed by atoms with Gasteiger partial charge in [0.2, 0.25) is 11.8 Å². The number of hydrogen-bond acceptors (Lipinski definition) is 4. The maximum absolute atomic E-state index is 12.9. The topological polar surface area (TPSA) is 98.8 Å². The van der Waals surface area contributed by atoms with Crippen molar-refractivity contribution in [3.63, 3.8) is 0 Å². The third-order valence-corrected chi connectivity index (χ3v) is 7.82. The number of carbonyl (C=O) groups is 4. The van der Waals surface area contributed by atoms with Crippen LogP contribution < -0.4 is 10.6 Å². The lowest BCUT2D eigenvalue weighted by Gasteiger charge is -2.27. The van der Waals surface area contributed by atoms with Crippen molar-refractivity contribution in [2.75, 3.05) is 36.8 Å². The van der Waals surface area contributed by atoms with Crippen molar-refractivity contribution in [3.05, 3.63) is 59.7 Å². The van der Waals surface area contributed by atoms with Gasteiger partial charge in [0.1, 0.15) is 0 Å². The molecule has 2 N–H and O–H groups in total. The molecule has 0 aliphatic heterocycles. The summed E-state index contributed by atoms with van der Waals surface area (Å²) in [6.45, 7) is 11.2. The van der Waals surface area contributed by atoms with E-state index < -0.39 is 0 Å². The first-order valence-corrected chi connectivity index (χ1v) is 15.7. The quantitative estimate of drug-likeness (QED) is 0.265. The van der Waals surface area contributed by atoms with Gasteiger partial charge in [0, 0.05) is 60.5 Å². The Morgan fingerprint density at radius 3 is 1.10 bits per heavy atom. The summed E-state index contributed by atoms with van der Waals surface area (Å²) in [6.07, 6.45) is 6.21. The van der Waals surface area contributed by atoms with Crippen molar-refractivity contribution in [2.24, 2.45) is 11.8 Å². The van der Waals surface area contributed by atoms with Gasteiger partial charge in [-0.15, -0.1) is 0 Å². The molecule has 42 heavy (non-hydrogen) atoms. The molecule has 0 saturated heterocycles. The van der Waals surface area contributed by atoms with E-state index in [0.717, 1.165) is 51.9 Å². The molecule has 0 spiro atoms. The fourth-order valence-electron chi connectivity index (χ4n) is 5.57. The number of hydrogen-bond donors (Lipinski definition) is 2. The van der Waals surface area contributed by atoms with Gasteiger partial charge >= 0.3 is 0 Å². The van der Waals surface area contributed by atoms with Crippen LogP contribution in [0, 0.1) is 11.8 Å². The van der Waals surface area contributed by atoms with E-state index in [1.807, 2.05) is 9.80 Å². The minimum Gasteiger partial charge on any atom is -0.339 e. The monoisotopic (exact) mass is 576 g/mol. The van der Waals surface area contributed by atoms with E-state index in [-0.39, 0.29) is 35.5 Å². The fourth-order valence-corrected chi connectivity index (χ4v) is 5.57. The molecule has 0 unspecified atom stereocenters. The first-order chi connectivity index (χ1) is 20.3. The van der Waals surface area contributed by atoms with Gasteiger partial charge in [-0.25, -0.2) is 0 Å². The van der Waals surface area contributed by atoms with Gasteiger partial charge in [0.15, 0.2) is 0 Å². The summed E-state index contributed by atoms with van der Waals surface area (Å²) in [4.78, 5) is 55.2. The molecule has 8 heteroatoms. The van der Waals surface area contributed by atoms with Crippen LogP contribution in [0.2, 0.25) is 0 Å². The number of rotatable bonds is 14. The van der Waals surface area contributed by atoms with Gasteiger partial charge in [0.05, 0.1) is 0 Å². The van der Waals surface area contributed by atoms with Crippen molar-refractivity contribution in [3.8, 4) is 0 Å². The summed E-state index contributed by atoms with van der Waals surface area (Å²) in [5.74, 6) is -0.371. The second-order valence-electron chi connectivity index (χ2n) is 11.3. The lowest BCUT2D eigenvalue weighted by Crippen LogP contribution is -2.33. The van der Waals surface area contributed by atoms with Crippen molar-refractivity contribution < 1.29 is 19.2 Å². The van der Waals surface area contributed by atoms with Crippen LogP contribution in [-0.4, -0.2) is 59.6 Å². The minimum absolute atomic E-state index is 0.0169. The number of amides is 4. The Morgan fingerprint density at radius 2 is 0.833 bits per heavy atom. The van der Waals surface area contributed by atoms with E-state index in [2.05, 4.69) is 38.3 Å². The van der Waals surface area contributed by atoms with Crippen LogP contribution >= 0.6 is 0 Å². The second kappa shape index (κ2) is 16.7. The molecule has 228 valence electrons. The normalized spacial score (nSPS) is 16.4. The molecule has 0 atom stereocenters. The van der Waals surface area contributed by atoms with Crippen LogP contribution in [0.4, 0.5) is 11.4 Å². The molecule has 8 nitrogen and oxygen atoms in total. The van der Waals surface area contributed by atoms with Gasteiger partial charge in [-0.1, -0.05) is 27.7 Å². The van der Waals surface area contributed by atoms with Crippen molar-refractivity contribution in [2.45, 2.75) is 79.1 Å². The Kier molecular flexibility index (Phi) is 13.0. The Labute approximate surface area is 251 Å². The highest BCUT2D eigenvalue weighted by Gasteiger charge is 2.30. The number of benzene rings is 2. The smallest absolute Gasteiger partial charge is 0.253 e. The minimum atomic E-state index is -0.153. The molecule has 3 rings (SSSR count). The Morgan fingerprint density at radius 1 is 0.548 bits per heavy atom. The van der Waals surface area contributed by atoms with Crippen LogP contribution in [0.5, 0.6) is 0 Å². The maximum atomic E-state index is 12.9. The van der Waals surface area contributed by atoms with E-state index in [4.69, 9.17) is 0 Å². The molecule has 1 fully saturated rings. The van der Waals surface area contributed by atoms with Gasteiger partial charge in [-0.3, -0.25) is 19.2 Å². The third kappa shape index (κ3) is 9.16. The number of nitrogens with zero attached hydrogens (tertiary/aromatic N) is 2. The molecule has 0 bridgehead atoms. The fraction of sp³-hybridized carbons (Fsp3) is 0.529. The van der Waals surface area contributed by atoms with Crippen LogP contribution in [0.3, 0.4) is 0 Å². The molecule has 0 aromatic heterocycles. The molecule has 1 saturated carbocycles. The average Bonchev–Trinajstić information content (AvgIpc) is 3.01. The Bertz CT molecular complexity index is 1070. The van der Waals surface area contributed by atoms with E-state index in [1.54, 1.807) is 48.5 Å². The lowest BCUT2D eigenvalue weighted by molar-refractivity contribution is -0.125. The first-order valence-electron chi connectivity index (χ1n) is 15.7. The van der Waals surface area contributed by atoms with Gasteiger partial charge in [-0.05, 0) is 99.9 Å². The summed E-state index contributed by atoms with van der Waals surface area (Å²) in [6, 6.07) is 14.2.